The normalized spacial score (nSPS) is 11.9. The van der Waals surface area contributed by atoms with Gasteiger partial charge >= 0.3 is 0 Å². The third-order valence-corrected chi connectivity index (χ3v) is 4.20. The molecule has 0 fully saturated rings. The molecule has 0 saturated heterocycles. The Morgan fingerprint density at radius 3 is 2.46 bits per heavy atom. The van der Waals surface area contributed by atoms with E-state index in [1.165, 1.54) is 6.33 Å². The van der Waals surface area contributed by atoms with Crippen molar-refractivity contribution in [1.29, 1.82) is 0 Å². The molecule has 5 heteroatoms. The standard InChI is InChI=1S/C19H20N4O/c1-15(17-6-4-3-5-7-17)22(2)19(24)18-10-8-16(9-11-18)12-23-14-20-13-21-23/h3-11,13-15H,12H2,1-2H3/t15-/m1/s1. The topological polar surface area (TPSA) is 51.0 Å². The van der Waals surface area contributed by atoms with Gasteiger partial charge in [0.15, 0.2) is 0 Å². The Labute approximate surface area is 141 Å². The number of carbonyl (C=O) groups is 1. The van der Waals surface area contributed by atoms with Crippen molar-refractivity contribution < 1.29 is 4.79 Å². The van der Waals surface area contributed by atoms with Gasteiger partial charge in [0.25, 0.3) is 5.91 Å². The van der Waals surface area contributed by atoms with Gasteiger partial charge in [0.05, 0.1) is 12.6 Å². The van der Waals surface area contributed by atoms with Crippen LogP contribution in [0.1, 0.15) is 34.5 Å². The molecule has 0 radical (unpaired) electrons. The fourth-order valence-electron chi connectivity index (χ4n) is 2.59. The first-order valence-electron chi connectivity index (χ1n) is 7.88. The third kappa shape index (κ3) is 3.51. The summed E-state index contributed by atoms with van der Waals surface area (Å²) in [6, 6.07) is 17.7. The number of aromatic nitrogens is 3. The molecule has 0 N–H and O–H groups in total. The molecule has 0 spiro atoms. The van der Waals surface area contributed by atoms with Crippen molar-refractivity contribution in [1.82, 2.24) is 19.7 Å². The molecule has 5 nitrogen and oxygen atoms in total. The number of nitrogens with zero attached hydrogens (tertiary/aromatic N) is 4. The predicted octanol–water partition coefficient (Wildman–Crippen LogP) is 3.16. The highest BCUT2D eigenvalue weighted by Crippen LogP contribution is 2.20. The monoisotopic (exact) mass is 320 g/mol. The van der Waals surface area contributed by atoms with Gasteiger partial charge in [0, 0.05) is 12.6 Å². The van der Waals surface area contributed by atoms with E-state index in [9.17, 15) is 4.79 Å². The molecule has 3 aromatic rings. The quantitative estimate of drug-likeness (QED) is 0.725. The van der Waals surface area contributed by atoms with Gasteiger partial charge in [-0.25, -0.2) is 9.67 Å². The van der Waals surface area contributed by atoms with E-state index in [-0.39, 0.29) is 11.9 Å². The van der Waals surface area contributed by atoms with Crippen LogP contribution in [0, 0.1) is 0 Å². The summed E-state index contributed by atoms with van der Waals surface area (Å²) in [7, 11) is 1.84. The lowest BCUT2D eigenvalue weighted by molar-refractivity contribution is 0.0742. The minimum atomic E-state index is 0.0126. The lowest BCUT2D eigenvalue weighted by Crippen LogP contribution is -2.29. The minimum absolute atomic E-state index is 0.0126. The summed E-state index contributed by atoms with van der Waals surface area (Å²) in [4.78, 5) is 18.4. The number of benzene rings is 2. The Morgan fingerprint density at radius 2 is 1.83 bits per heavy atom. The summed E-state index contributed by atoms with van der Waals surface area (Å²) in [6.45, 7) is 2.68. The largest absolute Gasteiger partial charge is 0.335 e. The van der Waals surface area contributed by atoms with Crippen molar-refractivity contribution in [2.75, 3.05) is 7.05 Å². The molecule has 122 valence electrons. The van der Waals surface area contributed by atoms with Gasteiger partial charge in [-0.1, -0.05) is 42.5 Å². The molecule has 0 aliphatic rings. The fraction of sp³-hybridized carbons (Fsp3) is 0.211. The first kappa shape index (κ1) is 15.9. The van der Waals surface area contributed by atoms with Crippen LogP contribution in [0.2, 0.25) is 0 Å². The van der Waals surface area contributed by atoms with Crippen molar-refractivity contribution in [3.8, 4) is 0 Å². The third-order valence-electron chi connectivity index (χ3n) is 4.20. The van der Waals surface area contributed by atoms with Crippen LogP contribution in [-0.2, 0) is 6.54 Å². The minimum Gasteiger partial charge on any atom is -0.335 e. The second kappa shape index (κ2) is 7.08. The van der Waals surface area contributed by atoms with Crippen LogP contribution in [0.15, 0.2) is 67.3 Å². The summed E-state index contributed by atoms with van der Waals surface area (Å²) in [5, 5.41) is 4.08. The molecule has 1 amide bonds. The number of hydrogen-bond acceptors (Lipinski definition) is 3. The maximum Gasteiger partial charge on any atom is 0.254 e. The molecule has 1 atom stereocenters. The van der Waals surface area contributed by atoms with Gasteiger partial charge in [0.1, 0.15) is 12.7 Å². The summed E-state index contributed by atoms with van der Waals surface area (Å²) < 4.78 is 1.75. The highest BCUT2D eigenvalue weighted by molar-refractivity contribution is 5.94. The molecule has 24 heavy (non-hydrogen) atoms. The number of hydrogen-bond donors (Lipinski definition) is 0. The molecule has 0 unspecified atom stereocenters. The van der Waals surface area contributed by atoms with Gasteiger partial charge in [0.2, 0.25) is 0 Å². The Kier molecular flexibility index (Phi) is 4.70. The van der Waals surface area contributed by atoms with Gasteiger partial charge < -0.3 is 4.90 Å². The van der Waals surface area contributed by atoms with Crippen molar-refractivity contribution >= 4 is 5.91 Å². The van der Waals surface area contributed by atoms with Crippen molar-refractivity contribution in [3.05, 3.63) is 83.9 Å². The summed E-state index contributed by atoms with van der Waals surface area (Å²) >= 11 is 0. The van der Waals surface area contributed by atoms with E-state index in [1.54, 1.807) is 15.9 Å². The van der Waals surface area contributed by atoms with Crippen LogP contribution >= 0.6 is 0 Å². The molecule has 2 aromatic carbocycles. The first-order valence-corrected chi connectivity index (χ1v) is 7.88. The van der Waals surface area contributed by atoms with E-state index in [0.717, 1.165) is 11.1 Å². The molecular weight excluding hydrogens is 300 g/mol. The smallest absolute Gasteiger partial charge is 0.254 e. The van der Waals surface area contributed by atoms with Crippen molar-refractivity contribution in [2.24, 2.45) is 0 Å². The molecule has 0 bridgehead atoms. The average Bonchev–Trinajstić information content (AvgIpc) is 3.14. The SMILES string of the molecule is C[C@H](c1ccccc1)N(C)C(=O)c1ccc(Cn2cncn2)cc1. The fourth-order valence-corrected chi connectivity index (χ4v) is 2.59. The Bertz CT molecular complexity index is 782. The van der Waals surface area contributed by atoms with Gasteiger partial charge in [-0.3, -0.25) is 4.79 Å². The lowest BCUT2D eigenvalue weighted by Gasteiger charge is -2.25. The number of rotatable bonds is 5. The van der Waals surface area contributed by atoms with Crippen molar-refractivity contribution in [3.63, 3.8) is 0 Å². The average molecular weight is 320 g/mol. The zero-order chi connectivity index (χ0) is 16.9. The van der Waals surface area contributed by atoms with E-state index < -0.39 is 0 Å². The second-order valence-corrected chi connectivity index (χ2v) is 5.79. The van der Waals surface area contributed by atoms with Crippen LogP contribution in [0.25, 0.3) is 0 Å². The highest BCUT2D eigenvalue weighted by Gasteiger charge is 2.18. The van der Waals surface area contributed by atoms with Crippen LogP contribution in [-0.4, -0.2) is 32.6 Å². The molecular formula is C19H20N4O. The number of amides is 1. The molecule has 1 aromatic heterocycles. The van der Waals surface area contributed by atoms with Gasteiger partial charge in [-0.2, -0.15) is 5.10 Å². The van der Waals surface area contributed by atoms with Crippen molar-refractivity contribution in [2.45, 2.75) is 19.5 Å². The van der Waals surface area contributed by atoms with Gasteiger partial charge in [-0.15, -0.1) is 0 Å². The summed E-state index contributed by atoms with van der Waals surface area (Å²) in [5.74, 6) is 0.0126. The first-order chi connectivity index (χ1) is 11.6. The summed E-state index contributed by atoms with van der Waals surface area (Å²) in [6.07, 6.45) is 3.19. The van der Waals surface area contributed by atoms with E-state index in [2.05, 4.69) is 10.1 Å². The van der Waals surface area contributed by atoms with Gasteiger partial charge in [-0.05, 0) is 30.2 Å². The maximum atomic E-state index is 12.7. The van der Waals surface area contributed by atoms with Crippen LogP contribution in [0.3, 0.4) is 0 Å². The molecule has 0 aliphatic heterocycles. The molecule has 3 rings (SSSR count). The summed E-state index contributed by atoms with van der Waals surface area (Å²) in [5.41, 5.74) is 2.88. The predicted molar refractivity (Wildman–Crippen MR) is 92.5 cm³/mol. The maximum absolute atomic E-state index is 12.7. The van der Waals surface area contributed by atoms with E-state index in [4.69, 9.17) is 0 Å². The van der Waals surface area contributed by atoms with E-state index in [1.807, 2.05) is 68.6 Å². The van der Waals surface area contributed by atoms with E-state index >= 15 is 0 Å². The van der Waals surface area contributed by atoms with Crippen LogP contribution in [0.4, 0.5) is 0 Å². The number of carbonyl (C=O) groups excluding carboxylic acids is 1. The lowest BCUT2D eigenvalue weighted by atomic mass is 10.1. The molecule has 1 heterocycles. The Morgan fingerprint density at radius 1 is 1.12 bits per heavy atom. The van der Waals surface area contributed by atoms with Crippen LogP contribution in [0.5, 0.6) is 0 Å². The zero-order valence-electron chi connectivity index (χ0n) is 13.8. The van der Waals surface area contributed by atoms with E-state index in [0.29, 0.717) is 12.1 Å². The Balaban J connectivity index is 1.70. The van der Waals surface area contributed by atoms with Crippen LogP contribution < -0.4 is 0 Å². The molecule has 0 saturated carbocycles. The highest BCUT2D eigenvalue weighted by atomic mass is 16.2. The zero-order valence-corrected chi connectivity index (χ0v) is 13.8. The second-order valence-electron chi connectivity index (χ2n) is 5.79. The Hall–Kier alpha value is -2.95. The molecule has 0 aliphatic carbocycles.